The molecule has 0 saturated heterocycles. The molecule has 2 nitrogen and oxygen atoms in total. The number of rotatable bonds is 2. The maximum absolute atomic E-state index is 10.2. The van der Waals surface area contributed by atoms with Crippen molar-refractivity contribution in [3.63, 3.8) is 0 Å². The number of terminal acetylenes is 1. The summed E-state index contributed by atoms with van der Waals surface area (Å²) in [4.78, 5) is 10.2. The van der Waals surface area contributed by atoms with Gasteiger partial charge in [0.15, 0.2) is 0 Å². The van der Waals surface area contributed by atoms with E-state index in [4.69, 9.17) is 6.42 Å². The minimum absolute atomic E-state index is 0.321. The van der Waals surface area contributed by atoms with Crippen LogP contribution in [0, 0.1) is 17.3 Å². The predicted octanol–water partition coefficient (Wildman–Crippen LogP) is 2.50. The van der Waals surface area contributed by atoms with Gasteiger partial charge in [0, 0.05) is 5.56 Å². The van der Waals surface area contributed by atoms with Gasteiger partial charge in [0.05, 0.1) is 0 Å². The minimum atomic E-state index is -0.321. The van der Waals surface area contributed by atoms with Crippen LogP contribution in [-0.2, 0) is 0 Å². The summed E-state index contributed by atoms with van der Waals surface area (Å²) in [7, 11) is 0. The molecule has 0 aliphatic rings. The molecule has 1 aromatic carbocycles. The normalized spacial score (nSPS) is 11.7. The second-order valence-corrected chi connectivity index (χ2v) is 2.55. The molecule has 1 aromatic rings. The third-order valence-corrected chi connectivity index (χ3v) is 1.69. The largest absolute Gasteiger partial charge is 0.150 e. The fraction of sp³-hybridized carbons (Fsp3) is 0.200. The zero-order chi connectivity index (χ0) is 8.97. The van der Waals surface area contributed by atoms with Gasteiger partial charge in [-0.1, -0.05) is 23.2 Å². The summed E-state index contributed by atoms with van der Waals surface area (Å²) in [6.45, 7) is 1.74. The van der Waals surface area contributed by atoms with Crippen molar-refractivity contribution in [3.05, 3.63) is 40.3 Å². The van der Waals surface area contributed by atoms with Gasteiger partial charge in [0.1, 0.15) is 6.04 Å². The lowest BCUT2D eigenvalue weighted by Gasteiger charge is -2.01. The Morgan fingerprint density at radius 2 is 2.33 bits per heavy atom. The van der Waals surface area contributed by atoms with E-state index < -0.39 is 0 Å². The first-order chi connectivity index (χ1) is 5.77. The molecule has 0 radical (unpaired) electrons. The van der Waals surface area contributed by atoms with E-state index in [-0.39, 0.29) is 6.04 Å². The molecule has 0 saturated carbocycles. The van der Waals surface area contributed by atoms with Gasteiger partial charge in [-0.05, 0) is 24.6 Å². The lowest BCUT2D eigenvalue weighted by atomic mass is 10.1. The van der Waals surface area contributed by atoms with Gasteiger partial charge in [0.2, 0.25) is 0 Å². The summed E-state index contributed by atoms with van der Waals surface area (Å²) in [6.07, 6.45) is 5.20. The number of nitroso groups, excluding NO2 is 1. The predicted molar refractivity (Wildman–Crippen MR) is 48.6 cm³/mol. The zero-order valence-corrected chi connectivity index (χ0v) is 6.82. The Morgan fingerprint density at radius 1 is 1.58 bits per heavy atom. The van der Waals surface area contributed by atoms with E-state index in [1.165, 1.54) is 0 Å². The van der Waals surface area contributed by atoms with Crippen molar-refractivity contribution < 1.29 is 0 Å². The lowest BCUT2D eigenvalue weighted by molar-refractivity contribution is 0.811. The van der Waals surface area contributed by atoms with Gasteiger partial charge in [-0.25, -0.2) is 0 Å². The number of nitrogens with zero attached hydrogens (tertiary/aromatic N) is 1. The van der Waals surface area contributed by atoms with E-state index in [0.717, 1.165) is 11.1 Å². The zero-order valence-electron chi connectivity index (χ0n) is 6.82. The molecule has 1 atom stereocenters. The van der Waals surface area contributed by atoms with Crippen LogP contribution >= 0.6 is 0 Å². The molecule has 0 aromatic heterocycles. The monoisotopic (exact) mass is 159 g/mol. The fourth-order valence-corrected chi connectivity index (χ4v) is 0.949. The first-order valence-electron chi connectivity index (χ1n) is 3.67. The molecule has 2 heteroatoms. The standard InChI is InChI=1S/C10H9NO/c1-3-9-5-4-6-10(7-9)8(2)11-12/h1,4-8H,2H3. The van der Waals surface area contributed by atoms with E-state index >= 15 is 0 Å². The highest BCUT2D eigenvalue weighted by Crippen LogP contribution is 2.16. The van der Waals surface area contributed by atoms with Gasteiger partial charge in [0.25, 0.3) is 0 Å². The highest BCUT2D eigenvalue weighted by Gasteiger charge is 2.03. The van der Waals surface area contributed by atoms with Crippen LogP contribution in [0.2, 0.25) is 0 Å². The minimum Gasteiger partial charge on any atom is -0.150 e. The third kappa shape index (κ3) is 1.70. The second-order valence-electron chi connectivity index (χ2n) is 2.55. The van der Waals surface area contributed by atoms with Crippen molar-refractivity contribution in [2.75, 3.05) is 0 Å². The Balaban J connectivity index is 3.03. The molecule has 0 aliphatic heterocycles. The lowest BCUT2D eigenvalue weighted by Crippen LogP contribution is -1.88. The molecule has 0 spiro atoms. The number of hydrogen-bond donors (Lipinski definition) is 0. The van der Waals surface area contributed by atoms with Crippen LogP contribution in [0.15, 0.2) is 29.4 Å². The Morgan fingerprint density at radius 3 is 2.92 bits per heavy atom. The highest BCUT2D eigenvalue weighted by atomic mass is 16.3. The maximum Gasteiger partial charge on any atom is 0.114 e. The average molecular weight is 159 g/mol. The quantitative estimate of drug-likeness (QED) is 0.481. The first-order valence-corrected chi connectivity index (χ1v) is 3.67. The molecule has 0 aliphatic carbocycles. The van der Waals surface area contributed by atoms with Gasteiger partial charge in [-0.2, -0.15) is 4.91 Å². The average Bonchev–Trinajstić information content (AvgIpc) is 2.17. The molecule has 0 bridgehead atoms. The van der Waals surface area contributed by atoms with Crippen molar-refractivity contribution >= 4 is 0 Å². The van der Waals surface area contributed by atoms with Crippen LogP contribution in [0.1, 0.15) is 24.1 Å². The molecule has 0 amide bonds. The number of benzene rings is 1. The summed E-state index contributed by atoms with van der Waals surface area (Å²) in [6, 6.07) is 6.96. The van der Waals surface area contributed by atoms with Gasteiger partial charge in [-0.3, -0.25) is 0 Å². The molecular weight excluding hydrogens is 150 g/mol. The van der Waals surface area contributed by atoms with Gasteiger partial charge < -0.3 is 0 Å². The van der Waals surface area contributed by atoms with E-state index in [0.29, 0.717) is 0 Å². The van der Waals surface area contributed by atoms with Crippen LogP contribution in [0.3, 0.4) is 0 Å². The molecule has 0 heterocycles. The number of hydrogen-bond acceptors (Lipinski definition) is 2. The smallest absolute Gasteiger partial charge is 0.114 e. The van der Waals surface area contributed by atoms with Crippen LogP contribution < -0.4 is 0 Å². The molecule has 0 N–H and O–H groups in total. The molecule has 12 heavy (non-hydrogen) atoms. The van der Waals surface area contributed by atoms with E-state index in [1.807, 2.05) is 18.2 Å². The molecule has 0 fully saturated rings. The topological polar surface area (TPSA) is 29.4 Å². The summed E-state index contributed by atoms with van der Waals surface area (Å²) in [5.74, 6) is 2.50. The molecule has 1 rings (SSSR count). The molecule has 1 unspecified atom stereocenters. The van der Waals surface area contributed by atoms with Crippen molar-refractivity contribution in [1.29, 1.82) is 0 Å². The SMILES string of the molecule is C#Cc1cccc(C(C)N=O)c1. The van der Waals surface area contributed by atoms with E-state index in [9.17, 15) is 4.91 Å². The van der Waals surface area contributed by atoms with E-state index in [2.05, 4.69) is 11.1 Å². The third-order valence-electron chi connectivity index (χ3n) is 1.69. The van der Waals surface area contributed by atoms with Crippen molar-refractivity contribution in [2.24, 2.45) is 5.18 Å². The summed E-state index contributed by atoms with van der Waals surface area (Å²) in [5, 5.41) is 2.92. The summed E-state index contributed by atoms with van der Waals surface area (Å²) < 4.78 is 0. The summed E-state index contributed by atoms with van der Waals surface area (Å²) >= 11 is 0. The van der Waals surface area contributed by atoms with Crippen molar-refractivity contribution in [2.45, 2.75) is 13.0 Å². The van der Waals surface area contributed by atoms with E-state index in [1.54, 1.807) is 13.0 Å². The fourth-order valence-electron chi connectivity index (χ4n) is 0.949. The van der Waals surface area contributed by atoms with Crippen LogP contribution in [0.25, 0.3) is 0 Å². The van der Waals surface area contributed by atoms with Crippen molar-refractivity contribution in [3.8, 4) is 12.3 Å². The first kappa shape index (κ1) is 8.48. The van der Waals surface area contributed by atoms with Crippen LogP contribution in [0.5, 0.6) is 0 Å². The Labute approximate surface area is 71.6 Å². The summed E-state index contributed by atoms with van der Waals surface area (Å²) in [5.41, 5.74) is 1.64. The molecular formula is C10H9NO. The van der Waals surface area contributed by atoms with Gasteiger partial charge in [-0.15, -0.1) is 6.42 Å². The second kappa shape index (κ2) is 3.68. The molecule has 60 valence electrons. The Kier molecular flexibility index (Phi) is 2.60. The van der Waals surface area contributed by atoms with Crippen molar-refractivity contribution in [1.82, 2.24) is 0 Å². The van der Waals surface area contributed by atoms with Gasteiger partial charge >= 0.3 is 0 Å². The van der Waals surface area contributed by atoms with Crippen LogP contribution in [-0.4, -0.2) is 0 Å². The Hall–Kier alpha value is -1.62. The maximum atomic E-state index is 10.2. The van der Waals surface area contributed by atoms with Crippen LogP contribution in [0.4, 0.5) is 0 Å². The highest BCUT2D eigenvalue weighted by molar-refractivity contribution is 5.36. The Bertz CT molecular complexity index is 325.